The Bertz CT molecular complexity index is 1020. The number of aliphatic imine (C=N–C) groups is 1. The second-order valence-electron chi connectivity index (χ2n) is 6.84. The summed E-state index contributed by atoms with van der Waals surface area (Å²) in [5, 5.41) is 3.33. The maximum atomic E-state index is 13.9. The van der Waals surface area contributed by atoms with Gasteiger partial charge in [0.15, 0.2) is 0 Å². The maximum absolute atomic E-state index is 13.9. The van der Waals surface area contributed by atoms with Crippen LogP contribution in [0.25, 0.3) is 0 Å². The van der Waals surface area contributed by atoms with Crippen LogP contribution in [0.5, 0.6) is 0 Å². The Morgan fingerprint density at radius 3 is 2.14 bits per heavy atom. The molecule has 1 N–H and O–H groups in total. The van der Waals surface area contributed by atoms with Crippen LogP contribution in [0.2, 0.25) is 0 Å². The number of aryl methyl sites for hydroxylation is 1. The van der Waals surface area contributed by atoms with Crippen LogP contribution in [0.3, 0.4) is 0 Å². The van der Waals surface area contributed by atoms with Gasteiger partial charge in [-0.3, -0.25) is 4.99 Å². The number of halogens is 3. The third-order valence-corrected chi connectivity index (χ3v) is 4.92. The lowest BCUT2D eigenvalue weighted by atomic mass is 9.95. The molecule has 0 amide bonds. The van der Waals surface area contributed by atoms with Crippen molar-refractivity contribution in [1.29, 1.82) is 0 Å². The molecule has 142 valence electrons. The van der Waals surface area contributed by atoms with Gasteiger partial charge in [-0.1, -0.05) is 42.5 Å². The van der Waals surface area contributed by atoms with E-state index in [0.717, 1.165) is 5.56 Å². The highest BCUT2D eigenvalue weighted by atomic mass is 19.1. The van der Waals surface area contributed by atoms with E-state index >= 15 is 0 Å². The molecule has 1 heterocycles. The highest BCUT2D eigenvalue weighted by molar-refractivity contribution is 5.85. The maximum Gasteiger partial charge on any atom is 0.126 e. The van der Waals surface area contributed by atoms with Crippen LogP contribution in [0.4, 0.5) is 13.2 Å². The minimum atomic E-state index is -0.381. The summed E-state index contributed by atoms with van der Waals surface area (Å²) >= 11 is 0. The van der Waals surface area contributed by atoms with Crippen molar-refractivity contribution in [3.63, 3.8) is 0 Å². The molecule has 0 bridgehead atoms. The van der Waals surface area contributed by atoms with E-state index < -0.39 is 0 Å². The highest BCUT2D eigenvalue weighted by Gasteiger charge is 2.31. The highest BCUT2D eigenvalue weighted by Crippen LogP contribution is 2.37. The smallest absolute Gasteiger partial charge is 0.126 e. The molecule has 0 aliphatic carbocycles. The van der Waals surface area contributed by atoms with Crippen molar-refractivity contribution < 1.29 is 13.2 Å². The number of amidine groups is 1. The van der Waals surface area contributed by atoms with Crippen LogP contribution in [0, 0.1) is 17.5 Å². The third-order valence-electron chi connectivity index (χ3n) is 4.92. The largest absolute Gasteiger partial charge is 0.364 e. The van der Waals surface area contributed by atoms with Crippen molar-refractivity contribution in [1.82, 2.24) is 5.32 Å². The summed E-state index contributed by atoms with van der Waals surface area (Å²) in [5.41, 5.74) is 2.06. The fraction of sp³-hybridized carbons (Fsp3) is 0.174. The minimum absolute atomic E-state index is 0.246. The molecule has 2 atom stereocenters. The van der Waals surface area contributed by atoms with Gasteiger partial charge >= 0.3 is 0 Å². The third kappa shape index (κ3) is 3.93. The molecule has 0 saturated heterocycles. The molecule has 0 radical (unpaired) electrons. The molecule has 0 saturated carbocycles. The predicted molar refractivity (Wildman–Crippen MR) is 104 cm³/mol. The van der Waals surface area contributed by atoms with Crippen molar-refractivity contribution in [2.75, 3.05) is 0 Å². The molecule has 0 unspecified atom stereocenters. The normalized spacial score (nSPS) is 18.6. The summed E-state index contributed by atoms with van der Waals surface area (Å²) in [7, 11) is 0. The van der Waals surface area contributed by atoms with Crippen LogP contribution in [0.15, 0.2) is 77.8 Å². The second kappa shape index (κ2) is 7.89. The van der Waals surface area contributed by atoms with Gasteiger partial charge in [-0.15, -0.1) is 0 Å². The lowest BCUT2D eigenvalue weighted by molar-refractivity contribution is 0.554. The Labute approximate surface area is 161 Å². The Hall–Kier alpha value is -3.08. The Balaban J connectivity index is 1.61. The summed E-state index contributed by atoms with van der Waals surface area (Å²) in [5.74, 6) is -0.223. The first kappa shape index (κ1) is 18.3. The fourth-order valence-corrected chi connectivity index (χ4v) is 3.55. The van der Waals surface area contributed by atoms with Gasteiger partial charge in [0.1, 0.15) is 23.5 Å². The molecule has 0 spiro atoms. The van der Waals surface area contributed by atoms with Crippen molar-refractivity contribution >= 4 is 5.84 Å². The van der Waals surface area contributed by atoms with Gasteiger partial charge in [0.25, 0.3) is 0 Å². The fourth-order valence-electron chi connectivity index (χ4n) is 3.55. The number of nitrogens with zero attached hydrogens (tertiary/aromatic N) is 1. The SMILES string of the molecule is Fc1cccc([C@H]2NC(CCc3ccccc3F)=N[C@H]2c2cccc(F)c2)c1. The first-order chi connectivity index (χ1) is 13.6. The van der Waals surface area contributed by atoms with Crippen molar-refractivity contribution in [3.05, 3.63) is 107 Å². The molecule has 0 fully saturated rings. The monoisotopic (exact) mass is 380 g/mol. The van der Waals surface area contributed by atoms with E-state index in [-0.39, 0.29) is 29.5 Å². The number of rotatable bonds is 5. The Kier molecular flexibility index (Phi) is 5.15. The molecule has 0 aromatic heterocycles. The minimum Gasteiger partial charge on any atom is -0.364 e. The van der Waals surface area contributed by atoms with E-state index in [1.54, 1.807) is 30.3 Å². The van der Waals surface area contributed by atoms with Gasteiger partial charge < -0.3 is 5.32 Å². The molecule has 3 aromatic rings. The summed E-state index contributed by atoms with van der Waals surface area (Å²) < 4.78 is 41.4. The van der Waals surface area contributed by atoms with Crippen molar-refractivity contribution in [2.45, 2.75) is 24.9 Å². The first-order valence-electron chi connectivity index (χ1n) is 9.18. The molecule has 3 aromatic carbocycles. The Morgan fingerprint density at radius 2 is 1.43 bits per heavy atom. The van der Waals surface area contributed by atoms with Crippen LogP contribution >= 0.6 is 0 Å². The van der Waals surface area contributed by atoms with Crippen LogP contribution in [-0.2, 0) is 6.42 Å². The van der Waals surface area contributed by atoms with Crippen LogP contribution < -0.4 is 5.32 Å². The Morgan fingerprint density at radius 1 is 0.750 bits per heavy atom. The van der Waals surface area contributed by atoms with Crippen LogP contribution in [0.1, 0.15) is 35.2 Å². The van der Waals surface area contributed by atoms with Gasteiger partial charge in [0, 0.05) is 6.42 Å². The van der Waals surface area contributed by atoms with Gasteiger partial charge in [-0.05, 0) is 53.4 Å². The van der Waals surface area contributed by atoms with Gasteiger partial charge in [0.05, 0.1) is 11.9 Å². The topological polar surface area (TPSA) is 24.4 Å². The predicted octanol–water partition coefficient (Wildman–Crippen LogP) is 5.52. The van der Waals surface area contributed by atoms with Gasteiger partial charge in [-0.2, -0.15) is 0 Å². The lowest BCUT2D eigenvalue weighted by Crippen LogP contribution is -2.25. The number of benzene rings is 3. The average Bonchev–Trinajstić information content (AvgIpc) is 3.12. The molecular formula is C23H19F3N2. The molecule has 28 heavy (non-hydrogen) atoms. The quantitative estimate of drug-likeness (QED) is 0.619. The standard InChI is InChI=1S/C23H19F3N2/c24-18-8-3-6-16(13-18)22-23(17-7-4-9-19(25)14-17)28-21(27-22)12-11-15-5-1-2-10-20(15)26/h1-10,13-14,22-23H,11-12H2,(H,27,28)/t22-,23+. The lowest BCUT2D eigenvalue weighted by Gasteiger charge is -2.20. The first-order valence-corrected chi connectivity index (χ1v) is 9.18. The van der Waals surface area contributed by atoms with E-state index in [0.29, 0.717) is 29.8 Å². The molecule has 1 aliphatic heterocycles. The van der Waals surface area contributed by atoms with Crippen molar-refractivity contribution in [2.24, 2.45) is 4.99 Å². The van der Waals surface area contributed by atoms with Crippen molar-refractivity contribution in [3.8, 4) is 0 Å². The zero-order valence-electron chi connectivity index (χ0n) is 15.1. The van der Waals surface area contributed by atoms with Crippen LogP contribution in [-0.4, -0.2) is 5.84 Å². The summed E-state index contributed by atoms with van der Waals surface area (Å²) in [6, 6.07) is 18.5. The van der Waals surface area contributed by atoms with E-state index in [4.69, 9.17) is 4.99 Å². The second-order valence-corrected chi connectivity index (χ2v) is 6.84. The molecular weight excluding hydrogens is 361 g/mol. The van der Waals surface area contributed by atoms with Gasteiger partial charge in [-0.25, -0.2) is 13.2 Å². The molecule has 1 aliphatic rings. The summed E-state index contributed by atoms with van der Waals surface area (Å²) in [6.45, 7) is 0. The molecule has 5 heteroatoms. The zero-order chi connectivity index (χ0) is 19.5. The zero-order valence-corrected chi connectivity index (χ0v) is 15.1. The number of hydrogen-bond donors (Lipinski definition) is 1. The van der Waals surface area contributed by atoms with Gasteiger partial charge in [0.2, 0.25) is 0 Å². The number of hydrogen-bond acceptors (Lipinski definition) is 2. The van der Waals surface area contributed by atoms with E-state index in [9.17, 15) is 13.2 Å². The van der Waals surface area contributed by atoms with E-state index in [1.165, 1.54) is 30.3 Å². The molecule has 4 rings (SSSR count). The van der Waals surface area contributed by atoms with E-state index in [1.807, 2.05) is 12.1 Å². The summed E-state index contributed by atoms with van der Waals surface area (Å²) in [6.07, 6.45) is 1.00. The van der Waals surface area contributed by atoms with E-state index in [2.05, 4.69) is 5.32 Å². The molecule has 2 nitrogen and oxygen atoms in total. The summed E-state index contributed by atoms with van der Waals surface area (Å²) in [4.78, 5) is 4.73. The number of nitrogens with one attached hydrogen (secondary N) is 1. The average molecular weight is 380 g/mol.